The van der Waals surface area contributed by atoms with Gasteiger partial charge in [0.15, 0.2) is 28.7 Å². The van der Waals surface area contributed by atoms with Crippen molar-refractivity contribution in [1.29, 1.82) is 0 Å². The molecule has 0 spiro atoms. The van der Waals surface area contributed by atoms with Crippen LogP contribution in [0.2, 0.25) is 0 Å². The molecular weight excluding hydrogens is 420 g/mol. The first-order chi connectivity index (χ1) is 16.2. The lowest BCUT2D eigenvalue weighted by Gasteiger charge is -2.13. The summed E-state index contributed by atoms with van der Waals surface area (Å²) in [6, 6.07) is 18.9. The maximum atomic E-state index is 13.5. The molecule has 0 amide bonds. The van der Waals surface area contributed by atoms with Gasteiger partial charge in [-0.15, -0.1) is 0 Å². The smallest absolute Gasteiger partial charge is 0.265 e. The fraction of sp³-hybridized carbons (Fsp3) is 0.160. The lowest BCUT2D eigenvalue weighted by Crippen LogP contribution is -2.24. The molecule has 0 unspecified atom stereocenters. The fourth-order valence-corrected chi connectivity index (χ4v) is 3.84. The minimum Gasteiger partial charge on any atom is -0.493 e. The zero-order valence-corrected chi connectivity index (χ0v) is 18.3. The number of hydrogen-bond donors (Lipinski definition) is 0. The van der Waals surface area contributed by atoms with Gasteiger partial charge in [-0.2, -0.15) is 5.10 Å². The molecule has 0 bridgehead atoms. The van der Waals surface area contributed by atoms with Gasteiger partial charge in [0.2, 0.25) is 0 Å². The van der Waals surface area contributed by atoms with Crippen molar-refractivity contribution in [1.82, 2.24) is 19.3 Å². The molecule has 3 heterocycles. The number of rotatable bonds is 7. The van der Waals surface area contributed by atoms with Crippen LogP contribution in [-0.4, -0.2) is 33.6 Å². The molecule has 0 aliphatic rings. The summed E-state index contributed by atoms with van der Waals surface area (Å²) in [5, 5.41) is 4.88. The maximum Gasteiger partial charge on any atom is 0.265 e. The fourth-order valence-electron chi connectivity index (χ4n) is 3.84. The van der Waals surface area contributed by atoms with Crippen LogP contribution in [-0.2, 0) is 13.0 Å². The monoisotopic (exact) mass is 442 g/mol. The van der Waals surface area contributed by atoms with Gasteiger partial charge in [0.05, 0.1) is 32.4 Å². The molecule has 3 aromatic heterocycles. The second kappa shape index (κ2) is 8.66. The van der Waals surface area contributed by atoms with E-state index in [1.54, 1.807) is 48.1 Å². The van der Waals surface area contributed by atoms with Crippen LogP contribution >= 0.6 is 0 Å². The minimum absolute atomic E-state index is 0.172. The molecule has 0 aliphatic heterocycles. The summed E-state index contributed by atoms with van der Waals surface area (Å²) < 4.78 is 19.6. The van der Waals surface area contributed by atoms with Crippen molar-refractivity contribution in [3.63, 3.8) is 0 Å². The van der Waals surface area contributed by atoms with Gasteiger partial charge in [-0.25, -0.2) is 9.67 Å². The van der Waals surface area contributed by atoms with E-state index < -0.39 is 0 Å². The molecule has 8 nitrogen and oxygen atoms in total. The largest absolute Gasteiger partial charge is 0.493 e. The van der Waals surface area contributed by atoms with Crippen molar-refractivity contribution in [2.24, 2.45) is 0 Å². The first kappa shape index (κ1) is 20.6. The first-order valence-corrected chi connectivity index (χ1v) is 10.5. The Hall–Kier alpha value is -4.33. The van der Waals surface area contributed by atoms with E-state index in [-0.39, 0.29) is 5.56 Å². The van der Waals surface area contributed by atoms with Crippen LogP contribution in [0, 0.1) is 0 Å². The molecule has 2 aromatic carbocycles. The van der Waals surface area contributed by atoms with Crippen LogP contribution in [0.5, 0.6) is 11.5 Å². The van der Waals surface area contributed by atoms with Crippen LogP contribution in [0.25, 0.3) is 28.3 Å². The number of methoxy groups -OCH3 is 2. The Kier molecular flexibility index (Phi) is 5.40. The number of aryl methyl sites for hydroxylation is 1. The molecule has 0 aliphatic carbocycles. The summed E-state index contributed by atoms with van der Waals surface area (Å²) in [4.78, 5) is 18.3. The predicted octanol–water partition coefficient (Wildman–Crippen LogP) is 4.10. The van der Waals surface area contributed by atoms with Crippen molar-refractivity contribution >= 4 is 11.0 Å². The molecule has 33 heavy (non-hydrogen) atoms. The number of nitrogens with zero attached hydrogens (tertiary/aromatic N) is 4. The highest BCUT2D eigenvalue weighted by Crippen LogP contribution is 2.28. The van der Waals surface area contributed by atoms with Gasteiger partial charge in [0.1, 0.15) is 5.39 Å². The molecule has 0 atom stereocenters. The van der Waals surface area contributed by atoms with Gasteiger partial charge < -0.3 is 13.9 Å². The van der Waals surface area contributed by atoms with E-state index in [2.05, 4.69) is 5.10 Å². The molecule has 5 aromatic rings. The Morgan fingerprint density at radius 1 is 0.970 bits per heavy atom. The lowest BCUT2D eigenvalue weighted by atomic mass is 10.1. The van der Waals surface area contributed by atoms with E-state index in [1.807, 2.05) is 48.5 Å². The number of hydrogen-bond acceptors (Lipinski definition) is 6. The van der Waals surface area contributed by atoms with E-state index in [4.69, 9.17) is 18.9 Å². The second-order valence-electron chi connectivity index (χ2n) is 7.44. The van der Waals surface area contributed by atoms with Gasteiger partial charge in [-0.1, -0.05) is 24.3 Å². The summed E-state index contributed by atoms with van der Waals surface area (Å²) in [5.74, 6) is 2.27. The average Bonchev–Trinajstić information content (AvgIpc) is 3.54. The highest BCUT2D eigenvalue weighted by atomic mass is 16.5. The molecule has 8 heteroatoms. The van der Waals surface area contributed by atoms with Gasteiger partial charge in [-0.05, 0) is 48.4 Å². The van der Waals surface area contributed by atoms with E-state index >= 15 is 0 Å². The number of benzene rings is 2. The normalized spacial score (nSPS) is 11.1. The van der Waals surface area contributed by atoms with Gasteiger partial charge in [0.25, 0.3) is 5.56 Å². The summed E-state index contributed by atoms with van der Waals surface area (Å²) in [6.07, 6.45) is 3.73. The third kappa shape index (κ3) is 3.76. The summed E-state index contributed by atoms with van der Waals surface area (Å²) in [6.45, 7) is 0.407. The van der Waals surface area contributed by atoms with Gasteiger partial charge >= 0.3 is 0 Å². The summed E-state index contributed by atoms with van der Waals surface area (Å²) in [7, 11) is 3.20. The second-order valence-corrected chi connectivity index (χ2v) is 7.44. The molecule has 5 rings (SSSR count). The van der Waals surface area contributed by atoms with Crippen LogP contribution in [0.1, 0.15) is 5.56 Å². The standard InChI is InChI=1S/C25H22N4O4/c1-31-20-11-10-17(15-22(20)32-2)12-13-28-24(21-9-6-14-33-21)27-23-19(25(28)30)16-26-29(23)18-7-4-3-5-8-18/h3-11,14-16H,12-13H2,1-2H3. The van der Waals surface area contributed by atoms with Crippen molar-refractivity contribution in [3.05, 3.63) is 89.0 Å². The molecule has 166 valence electrons. The Morgan fingerprint density at radius 3 is 2.52 bits per heavy atom. The topological polar surface area (TPSA) is 84.3 Å². The van der Waals surface area contributed by atoms with E-state index in [0.717, 1.165) is 11.3 Å². The van der Waals surface area contributed by atoms with Crippen LogP contribution < -0.4 is 15.0 Å². The number of para-hydroxylation sites is 1. The Morgan fingerprint density at radius 2 is 1.79 bits per heavy atom. The van der Waals surface area contributed by atoms with E-state index in [0.29, 0.717) is 47.1 Å². The molecular formula is C25H22N4O4. The number of fused-ring (bicyclic) bond motifs is 1. The predicted molar refractivity (Wildman–Crippen MR) is 124 cm³/mol. The van der Waals surface area contributed by atoms with Crippen molar-refractivity contribution < 1.29 is 13.9 Å². The van der Waals surface area contributed by atoms with Crippen LogP contribution in [0.3, 0.4) is 0 Å². The zero-order valence-electron chi connectivity index (χ0n) is 18.3. The van der Waals surface area contributed by atoms with E-state index in [9.17, 15) is 4.79 Å². The number of furan rings is 1. The quantitative estimate of drug-likeness (QED) is 0.377. The van der Waals surface area contributed by atoms with Crippen molar-refractivity contribution in [2.75, 3.05) is 14.2 Å². The van der Waals surface area contributed by atoms with Gasteiger partial charge in [-0.3, -0.25) is 9.36 Å². The third-order valence-electron chi connectivity index (χ3n) is 5.50. The Bertz CT molecular complexity index is 1450. The highest BCUT2D eigenvalue weighted by Gasteiger charge is 2.19. The molecule has 0 radical (unpaired) electrons. The molecule has 0 saturated carbocycles. The molecule has 0 saturated heterocycles. The minimum atomic E-state index is -0.172. The Labute approximate surface area is 189 Å². The van der Waals surface area contributed by atoms with Crippen molar-refractivity contribution in [3.8, 4) is 28.8 Å². The lowest BCUT2D eigenvalue weighted by molar-refractivity contribution is 0.354. The number of ether oxygens (including phenoxy) is 2. The first-order valence-electron chi connectivity index (χ1n) is 10.5. The Balaban J connectivity index is 1.59. The number of aromatic nitrogens is 4. The van der Waals surface area contributed by atoms with Gasteiger partial charge in [0, 0.05) is 6.54 Å². The molecule has 0 fully saturated rings. The van der Waals surface area contributed by atoms with E-state index in [1.165, 1.54) is 0 Å². The molecule has 0 N–H and O–H groups in total. The van der Waals surface area contributed by atoms with Crippen LogP contribution in [0.4, 0.5) is 0 Å². The van der Waals surface area contributed by atoms with Crippen LogP contribution in [0.15, 0.2) is 82.3 Å². The highest BCUT2D eigenvalue weighted by molar-refractivity contribution is 5.77. The average molecular weight is 442 g/mol. The SMILES string of the molecule is COc1ccc(CCn2c(-c3ccco3)nc3c(cnn3-c3ccccc3)c2=O)cc1OC. The van der Waals surface area contributed by atoms with Crippen molar-refractivity contribution in [2.45, 2.75) is 13.0 Å². The summed E-state index contributed by atoms with van der Waals surface area (Å²) in [5.41, 5.74) is 2.15. The zero-order chi connectivity index (χ0) is 22.8. The summed E-state index contributed by atoms with van der Waals surface area (Å²) >= 11 is 0. The maximum absolute atomic E-state index is 13.5. The third-order valence-corrected chi connectivity index (χ3v) is 5.50.